The zero-order valence-corrected chi connectivity index (χ0v) is 33.5. The van der Waals surface area contributed by atoms with Crippen LogP contribution in [0.15, 0.2) is 48.6 Å². The standard InChI is InChI=1S/C44H79NO8/c1-3-5-7-9-11-13-15-16-17-18-19-20-21-22-24-26-28-30-32-34-40(48)45-37(36-52-44-43(51)42(50)41(49)39(35-46)53-44)38(47)33-31-29-27-25-23-14-12-10-8-6-4-2/h11,13,16-17,23,25,31,33,37-39,41-44,46-47,49-51H,3-10,12,14-15,18-22,24,26-30,32,34-36H2,1-2H3,(H,45,48)/b13-11-,17-16-,25-23+,33-31+. The largest absolute Gasteiger partial charge is 0.394 e. The second kappa shape index (κ2) is 34.6. The fourth-order valence-corrected chi connectivity index (χ4v) is 6.38. The van der Waals surface area contributed by atoms with Crippen molar-refractivity contribution in [1.29, 1.82) is 0 Å². The van der Waals surface area contributed by atoms with Crippen LogP contribution < -0.4 is 5.32 Å². The van der Waals surface area contributed by atoms with Crippen LogP contribution in [0.2, 0.25) is 0 Å². The van der Waals surface area contributed by atoms with E-state index in [9.17, 15) is 30.3 Å². The number of hydrogen-bond acceptors (Lipinski definition) is 8. The highest BCUT2D eigenvalue weighted by Crippen LogP contribution is 2.22. The van der Waals surface area contributed by atoms with E-state index in [1.54, 1.807) is 6.08 Å². The highest BCUT2D eigenvalue weighted by molar-refractivity contribution is 5.76. The van der Waals surface area contributed by atoms with E-state index in [1.807, 2.05) is 6.08 Å². The van der Waals surface area contributed by atoms with Gasteiger partial charge < -0.3 is 40.3 Å². The lowest BCUT2D eigenvalue weighted by Gasteiger charge is -2.40. The van der Waals surface area contributed by atoms with Crippen LogP contribution in [0, 0.1) is 0 Å². The summed E-state index contributed by atoms with van der Waals surface area (Å²) in [5.41, 5.74) is 0. The number of aliphatic hydroxyl groups excluding tert-OH is 5. The molecule has 0 bridgehead atoms. The van der Waals surface area contributed by atoms with Crippen molar-refractivity contribution in [2.24, 2.45) is 0 Å². The Labute approximate surface area is 323 Å². The molecule has 0 radical (unpaired) electrons. The molecule has 0 aromatic carbocycles. The van der Waals surface area contributed by atoms with E-state index in [0.717, 1.165) is 51.4 Å². The third kappa shape index (κ3) is 25.8. The number of rotatable bonds is 34. The Morgan fingerprint density at radius 2 is 1.13 bits per heavy atom. The Morgan fingerprint density at radius 1 is 0.642 bits per heavy atom. The first-order valence-corrected chi connectivity index (χ1v) is 21.4. The number of carbonyl (C=O) groups excluding carboxylic acids is 1. The lowest BCUT2D eigenvalue weighted by atomic mass is 9.99. The van der Waals surface area contributed by atoms with Crippen molar-refractivity contribution >= 4 is 5.91 Å². The summed E-state index contributed by atoms with van der Waals surface area (Å²) in [6, 6.07) is -0.822. The fraction of sp³-hybridized carbons (Fsp3) is 0.795. The monoisotopic (exact) mass is 750 g/mol. The van der Waals surface area contributed by atoms with Crippen molar-refractivity contribution in [2.75, 3.05) is 13.2 Å². The minimum absolute atomic E-state index is 0.196. The van der Waals surface area contributed by atoms with Crippen molar-refractivity contribution in [3.63, 3.8) is 0 Å². The zero-order valence-electron chi connectivity index (χ0n) is 33.5. The van der Waals surface area contributed by atoms with E-state index in [-0.39, 0.29) is 12.5 Å². The molecule has 53 heavy (non-hydrogen) atoms. The Balaban J connectivity index is 2.38. The maximum Gasteiger partial charge on any atom is 0.220 e. The average Bonchev–Trinajstić information content (AvgIpc) is 3.16. The summed E-state index contributed by atoms with van der Waals surface area (Å²) in [7, 11) is 0. The maximum atomic E-state index is 12.9. The van der Waals surface area contributed by atoms with Gasteiger partial charge in [0, 0.05) is 6.42 Å². The molecule has 9 nitrogen and oxygen atoms in total. The minimum Gasteiger partial charge on any atom is -0.394 e. The molecule has 0 aromatic rings. The van der Waals surface area contributed by atoms with Gasteiger partial charge in [0.05, 0.1) is 25.4 Å². The Kier molecular flexibility index (Phi) is 32.1. The molecule has 1 aliphatic heterocycles. The molecule has 6 N–H and O–H groups in total. The van der Waals surface area contributed by atoms with Crippen LogP contribution in [0.3, 0.4) is 0 Å². The number of carbonyl (C=O) groups is 1. The molecule has 1 saturated heterocycles. The van der Waals surface area contributed by atoms with Gasteiger partial charge in [0.25, 0.3) is 0 Å². The number of ether oxygens (including phenoxy) is 2. The molecular formula is C44H79NO8. The van der Waals surface area contributed by atoms with Crippen molar-refractivity contribution in [3.8, 4) is 0 Å². The van der Waals surface area contributed by atoms with E-state index in [1.165, 1.54) is 96.3 Å². The van der Waals surface area contributed by atoms with Crippen LogP contribution in [0.1, 0.15) is 168 Å². The number of hydrogen-bond donors (Lipinski definition) is 6. The van der Waals surface area contributed by atoms with E-state index in [2.05, 4.69) is 55.6 Å². The lowest BCUT2D eigenvalue weighted by molar-refractivity contribution is -0.302. The Bertz CT molecular complexity index is 967. The molecule has 1 aliphatic rings. The molecule has 0 aromatic heterocycles. The third-order valence-electron chi connectivity index (χ3n) is 9.88. The van der Waals surface area contributed by atoms with Crippen LogP contribution >= 0.6 is 0 Å². The second-order valence-corrected chi connectivity index (χ2v) is 14.8. The molecule has 308 valence electrons. The average molecular weight is 750 g/mol. The van der Waals surface area contributed by atoms with Crippen LogP contribution in [0.25, 0.3) is 0 Å². The number of nitrogens with one attached hydrogen (secondary N) is 1. The van der Waals surface area contributed by atoms with E-state index in [0.29, 0.717) is 6.42 Å². The van der Waals surface area contributed by atoms with Gasteiger partial charge in [-0.15, -0.1) is 0 Å². The molecule has 1 rings (SSSR count). The maximum absolute atomic E-state index is 12.9. The molecular weight excluding hydrogens is 670 g/mol. The topological polar surface area (TPSA) is 149 Å². The van der Waals surface area contributed by atoms with Crippen molar-refractivity contribution in [1.82, 2.24) is 5.32 Å². The summed E-state index contributed by atoms with van der Waals surface area (Å²) in [5.74, 6) is -0.196. The molecule has 0 aliphatic carbocycles. The molecule has 0 saturated carbocycles. The van der Waals surface area contributed by atoms with Crippen LogP contribution in [-0.2, 0) is 14.3 Å². The first kappa shape index (κ1) is 49.2. The Hall–Kier alpha value is -1.85. The summed E-state index contributed by atoms with van der Waals surface area (Å²) < 4.78 is 11.2. The van der Waals surface area contributed by atoms with Crippen LogP contribution in [0.4, 0.5) is 0 Å². The summed E-state index contributed by atoms with van der Waals surface area (Å²) in [6.07, 6.45) is 35.8. The van der Waals surface area contributed by atoms with Crippen LogP contribution in [0.5, 0.6) is 0 Å². The van der Waals surface area contributed by atoms with E-state index >= 15 is 0 Å². The predicted octanol–water partition coefficient (Wildman–Crippen LogP) is 8.28. The normalized spacial score (nSPS) is 22.1. The smallest absolute Gasteiger partial charge is 0.220 e. The van der Waals surface area contributed by atoms with Gasteiger partial charge in [-0.2, -0.15) is 0 Å². The van der Waals surface area contributed by atoms with E-state index < -0.39 is 49.5 Å². The van der Waals surface area contributed by atoms with Gasteiger partial charge in [-0.1, -0.05) is 146 Å². The molecule has 7 atom stereocenters. The summed E-state index contributed by atoms with van der Waals surface area (Å²) in [5, 5.41) is 54.0. The molecule has 1 fully saturated rings. The third-order valence-corrected chi connectivity index (χ3v) is 9.88. The summed E-state index contributed by atoms with van der Waals surface area (Å²) >= 11 is 0. The van der Waals surface area contributed by atoms with Gasteiger partial charge in [0.2, 0.25) is 5.91 Å². The molecule has 9 heteroatoms. The lowest BCUT2D eigenvalue weighted by Crippen LogP contribution is -2.60. The SMILES string of the molecule is CCCCC/C=C\C/C=C\CCCCCCCCCCCC(=O)NC(COC1OC(CO)C(O)C(O)C1O)C(O)/C=C/CC/C=C/CCCCCCC. The van der Waals surface area contributed by atoms with E-state index in [4.69, 9.17) is 9.47 Å². The fourth-order valence-electron chi connectivity index (χ4n) is 6.38. The second-order valence-electron chi connectivity index (χ2n) is 14.8. The van der Waals surface area contributed by atoms with Gasteiger partial charge in [-0.25, -0.2) is 0 Å². The first-order chi connectivity index (χ1) is 25.8. The highest BCUT2D eigenvalue weighted by atomic mass is 16.7. The van der Waals surface area contributed by atoms with Gasteiger partial charge >= 0.3 is 0 Å². The summed E-state index contributed by atoms with van der Waals surface area (Å²) in [4.78, 5) is 12.9. The molecule has 7 unspecified atom stereocenters. The van der Waals surface area contributed by atoms with Gasteiger partial charge in [-0.3, -0.25) is 4.79 Å². The van der Waals surface area contributed by atoms with Gasteiger partial charge in [0.1, 0.15) is 24.4 Å². The molecule has 1 amide bonds. The summed E-state index contributed by atoms with van der Waals surface area (Å²) in [6.45, 7) is 3.68. The van der Waals surface area contributed by atoms with Gasteiger partial charge in [-0.05, 0) is 64.2 Å². The number of amides is 1. The molecule has 0 spiro atoms. The predicted molar refractivity (Wildman–Crippen MR) is 216 cm³/mol. The van der Waals surface area contributed by atoms with Crippen LogP contribution in [-0.4, -0.2) is 87.5 Å². The van der Waals surface area contributed by atoms with Gasteiger partial charge in [0.15, 0.2) is 6.29 Å². The number of allylic oxidation sites excluding steroid dienone is 7. The molecule has 1 heterocycles. The van der Waals surface area contributed by atoms with Crippen molar-refractivity contribution < 1.29 is 39.8 Å². The van der Waals surface area contributed by atoms with Crippen molar-refractivity contribution in [3.05, 3.63) is 48.6 Å². The number of unbranched alkanes of at least 4 members (excludes halogenated alkanes) is 18. The minimum atomic E-state index is -1.57. The first-order valence-electron chi connectivity index (χ1n) is 21.4. The Morgan fingerprint density at radius 3 is 1.74 bits per heavy atom. The zero-order chi connectivity index (χ0) is 38.8. The van der Waals surface area contributed by atoms with Crippen molar-refractivity contribution in [2.45, 2.75) is 211 Å². The number of aliphatic hydroxyl groups is 5. The highest BCUT2D eigenvalue weighted by Gasteiger charge is 2.44. The quantitative estimate of drug-likeness (QED) is 0.0285.